The Morgan fingerprint density at radius 3 is 2.76 bits per heavy atom. The summed E-state index contributed by atoms with van der Waals surface area (Å²) in [6, 6.07) is 11.1. The van der Waals surface area contributed by atoms with Crippen molar-refractivity contribution in [1.29, 1.82) is 0 Å². The Balaban J connectivity index is 2.02. The highest BCUT2D eigenvalue weighted by Gasteiger charge is 2.13. The second kappa shape index (κ2) is 9.23. The van der Waals surface area contributed by atoms with Crippen LogP contribution >= 0.6 is 23.1 Å². The fourth-order valence-electron chi connectivity index (χ4n) is 2.22. The Morgan fingerprint density at radius 2 is 2.05 bits per heavy atom. The smallest absolute Gasteiger partial charge is 0.103 e. The maximum absolute atomic E-state index is 4.78. The first kappa shape index (κ1) is 16.5. The summed E-state index contributed by atoms with van der Waals surface area (Å²) in [5.74, 6) is 2.19. The van der Waals surface area contributed by atoms with Gasteiger partial charge < -0.3 is 5.32 Å². The van der Waals surface area contributed by atoms with Crippen molar-refractivity contribution in [3.8, 4) is 0 Å². The van der Waals surface area contributed by atoms with Crippen molar-refractivity contribution >= 4 is 23.1 Å². The summed E-state index contributed by atoms with van der Waals surface area (Å²) in [7, 11) is 0. The number of rotatable bonds is 9. The molecule has 1 unspecified atom stereocenters. The first-order valence-electron chi connectivity index (χ1n) is 7.62. The molecule has 0 aliphatic rings. The van der Waals surface area contributed by atoms with Crippen molar-refractivity contribution in [3.05, 3.63) is 52.0 Å². The van der Waals surface area contributed by atoms with Crippen molar-refractivity contribution in [2.24, 2.45) is 0 Å². The van der Waals surface area contributed by atoms with Gasteiger partial charge in [-0.3, -0.25) is 0 Å². The van der Waals surface area contributed by atoms with Crippen molar-refractivity contribution in [3.63, 3.8) is 0 Å². The molecule has 2 nitrogen and oxygen atoms in total. The number of nitrogens with one attached hydrogen (secondary N) is 1. The Kier molecular flexibility index (Phi) is 7.27. The second-order valence-electron chi connectivity index (χ2n) is 4.99. The quantitative estimate of drug-likeness (QED) is 0.726. The fourth-order valence-corrected chi connectivity index (χ4v) is 3.78. The van der Waals surface area contributed by atoms with Gasteiger partial charge in [-0.25, -0.2) is 4.98 Å². The molecule has 0 saturated carbocycles. The monoisotopic (exact) mass is 320 g/mol. The van der Waals surface area contributed by atoms with Crippen LogP contribution in [0.15, 0.2) is 35.7 Å². The molecular weight excluding hydrogens is 296 g/mol. The predicted molar refractivity (Wildman–Crippen MR) is 95.1 cm³/mol. The highest BCUT2D eigenvalue weighted by Crippen LogP contribution is 2.22. The van der Waals surface area contributed by atoms with Gasteiger partial charge in [-0.05, 0) is 24.3 Å². The average Bonchev–Trinajstić information content (AvgIpc) is 2.97. The van der Waals surface area contributed by atoms with Crippen molar-refractivity contribution in [2.45, 2.75) is 38.5 Å². The zero-order valence-corrected chi connectivity index (χ0v) is 14.5. The predicted octanol–water partition coefficient (Wildman–Crippen LogP) is 4.68. The number of aromatic nitrogens is 1. The zero-order chi connectivity index (χ0) is 14.9. The SMILES string of the molecule is CCCNC(Cc1csc(CSCC)n1)c1ccccc1. The lowest BCUT2D eigenvalue weighted by Crippen LogP contribution is -2.24. The molecular formula is C17H24N2S2. The summed E-state index contributed by atoms with van der Waals surface area (Å²) in [4.78, 5) is 4.78. The molecule has 1 aromatic heterocycles. The van der Waals surface area contributed by atoms with Crippen LogP contribution in [0.25, 0.3) is 0 Å². The summed E-state index contributed by atoms with van der Waals surface area (Å²) in [5, 5.41) is 7.11. The summed E-state index contributed by atoms with van der Waals surface area (Å²) in [6.07, 6.45) is 2.12. The van der Waals surface area contributed by atoms with Crippen LogP contribution in [-0.4, -0.2) is 17.3 Å². The fraction of sp³-hybridized carbons (Fsp3) is 0.471. The van der Waals surface area contributed by atoms with Crippen LogP contribution < -0.4 is 5.32 Å². The minimum atomic E-state index is 0.361. The maximum Gasteiger partial charge on any atom is 0.103 e. The van der Waals surface area contributed by atoms with E-state index in [9.17, 15) is 0 Å². The normalized spacial score (nSPS) is 12.5. The van der Waals surface area contributed by atoms with Crippen molar-refractivity contribution in [2.75, 3.05) is 12.3 Å². The van der Waals surface area contributed by atoms with E-state index < -0.39 is 0 Å². The molecule has 114 valence electrons. The van der Waals surface area contributed by atoms with Crippen LogP contribution in [0.5, 0.6) is 0 Å². The van der Waals surface area contributed by atoms with E-state index in [1.807, 2.05) is 11.8 Å². The molecule has 0 fully saturated rings. The molecule has 1 heterocycles. The topological polar surface area (TPSA) is 24.9 Å². The third kappa shape index (κ3) is 5.46. The van der Waals surface area contributed by atoms with E-state index in [1.165, 1.54) is 16.3 Å². The van der Waals surface area contributed by atoms with Gasteiger partial charge in [0.15, 0.2) is 0 Å². The Bertz CT molecular complexity index is 511. The minimum Gasteiger partial charge on any atom is -0.310 e. The largest absolute Gasteiger partial charge is 0.310 e. The van der Waals surface area contributed by atoms with Gasteiger partial charge in [-0.15, -0.1) is 11.3 Å². The number of nitrogens with zero attached hydrogens (tertiary/aromatic N) is 1. The molecule has 0 aliphatic heterocycles. The summed E-state index contributed by atoms with van der Waals surface area (Å²) in [5.41, 5.74) is 2.56. The van der Waals surface area contributed by atoms with Crippen molar-refractivity contribution < 1.29 is 0 Å². The number of benzene rings is 1. The van der Waals surface area contributed by atoms with Crippen LogP contribution in [0, 0.1) is 0 Å². The van der Waals surface area contributed by atoms with E-state index in [-0.39, 0.29) is 0 Å². The minimum absolute atomic E-state index is 0.361. The molecule has 0 aliphatic carbocycles. The first-order valence-corrected chi connectivity index (χ1v) is 9.66. The van der Waals surface area contributed by atoms with Crippen LogP contribution in [-0.2, 0) is 12.2 Å². The standard InChI is InChI=1S/C17H24N2S2/c1-3-10-18-16(14-8-6-5-7-9-14)11-15-12-21-17(19-15)13-20-4-2/h5-9,12,16,18H,3-4,10-11,13H2,1-2H3. The molecule has 21 heavy (non-hydrogen) atoms. The Morgan fingerprint density at radius 1 is 1.24 bits per heavy atom. The van der Waals surface area contributed by atoms with Crippen LogP contribution in [0.1, 0.15) is 42.6 Å². The van der Waals surface area contributed by atoms with Crippen LogP contribution in [0.2, 0.25) is 0 Å². The number of thioether (sulfide) groups is 1. The van der Waals surface area contributed by atoms with E-state index in [2.05, 4.69) is 54.9 Å². The lowest BCUT2D eigenvalue weighted by atomic mass is 10.0. The summed E-state index contributed by atoms with van der Waals surface area (Å²) in [6.45, 7) is 5.44. The molecule has 0 spiro atoms. The Hall–Kier alpha value is -0.840. The number of hydrogen-bond donors (Lipinski definition) is 1. The lowest BCUT2D eigenvalue weighted by molar-refractivity contribution is 0.525. The molecule has 4 heteroatoms. The maximum atomic E-state index is 4.78. The molecule has 1 atom stereocenters. The number of thiazole rings is 1. The van der Waals surface area contributed by atoms with Gasteiger partial charge in [0.05, 0.1) is 5.69 Å². The van der Waals surface area contributed by atoms with E-state index in [4.69, 9.17) is 4.98 Å². The second-order valence-corrected chi connectivity index (χ2v) is 7.21. The average molecular weight is 321 g/mol. The Labute approximate surface area is 136 Å². The van der Waals surface area contributed by atoms with E-state index >= 15 is 0 Å². The molecule has 0 amide bonds. The van der Waals surface area contributed by atoms with E-state index in [1.54, 1.807) is 11.3 Å². The third-order valence-corrected chi connectivity index (χ3v) is 5.25. The molecule has 0 saturated heterocycles. The molecule has 2 rings (SSSR count). The highest BCUT2D eigenvalue weighted by atomic mass is 32.2. The third-order valence-electron chi connectivity index (χ3n) is 3.28. The lowest BCUT2D eigenvalue weighted by Gasteiger charge is -2.18. The number of hydrogen-bond acceptors (Lipinski definition) is 4. The van der Waals surface area contributed by atoms with Gasteiger partial charge in [-0.2, -0.15) is 11.8 Å². The summed E-state index contributed by atoms with van der Waals surface area (Å²) >= 11 is 3.73. The van der Waals surface area contributed by atoms with Crippen LogP contribution in [0.4, 0.5) is 0 Å². The van der Waals surface area contributed by atoms with E-state index in [0.29, 0.717) is 6.04 Å². The van der Waals surface area contributed by atoms with Crippen molar-refractivity contribution in [1.82, 2.24) is 10.3 Å². The first-order chi connectivity index (χ1) is 10.3. The molecule has 1 aromatic carbocycles. The molecule has 2 aromatic rings. The van der Waals surface area contributed by atoms with Gasteiger partial charge in [0.25, 0.3) is 0 Å². The van der Waals surface area contributed by atoms with Gasteiger partial charge in [0, 0.05) is 23.6 Å². The van der Waals surface area contributed by atoms with Crippen LogP contribution in [0.3, 0.4) is 0 Å². The highest BCUT2D eigenvalue weighted by molar-refractivity contribution is 7.98. The zero-order valence-electron chi connectivity index (χ0n) is 12.8. The summed E-state index contributed by atoms with van der Waals surface area (Å²) < 4.78 is 0. The van der Waals surface area contributed by atoms with Gasteiger partial charge >= 0.3 is 0 Å². The van der Waals surface area contributed by atoms with Gasteiger partial charge in [-0.1, -0.05) is 44.2 Å². The van der Waals surface area contributed by atoms with Gasteiger partial charge in [0.2, 0.25) is 0 Å². The molecule has 0 radical (unpaired) electrons. The molecule has 1 N–H and O–H groups in total. The molecule has 0 bridgehead atoms. The van der Waals surface area contributed by atoms with Gasteiger partial charge in [0.1, 0.15) is 5.01 Å². The van der Waals surface area contributed by atoms with E-state index in [0.717, 1.165) is 30.9 Å².